The number of anilines is 1. The van der Waals surface area contributed by atoms with Crippen LogP contribution < -0.4 is 9.46 Å². The van der Waals surface area contributed by atoms with Crippen LogP contribution in [0.1, 0.15) is 18.4 Å². The number of ether oxygens (including phenoxy) is 1. The van der Waals surface area contributed by atoms with Gasteiger partial charge in [0.2, 0.25) is 10.0 Å². The number of sulfonamides is 2. The molecule has 2 aromatic rings. The summed E-state index contributed by atoms with van der Waals surface area (Å²) in [5.74, 6) is -0.910. The van der Waals surface area contributed by atoms with Gasteiger partial charge in [0.1, 0.15) is 10.6 Å². The van der Waals surface area contributed by atoms with E-state index in [-0.39, 0.29) is 26.3 Å². The fourth-order valence-corrected chi connectivity index (χ4v) is 6.29. The van der Waals surface area contributed by atoms with Crippen molar-refractivity contribution in [2.45, 2.75) is 29.6 Å². The lowest BCUT2D eigenvalue weighted by Crippen LogP contribution is -2.28. The lowest BCUT2D eigenvalue weighted by atomic mass is 10.2. The summed E-state index contributed by atoms with van der Waals surface area (Å²) < 4.78 is 60.1. The van der Waals surface area contributed by atoms with Crippen molar-refractivity contribution < 1.29 is 31.5 Å². The van der Waals surface area contributed by atoms with E-state index in [4.69, 9.17) is 21.4 Å². The molecule has 0 atom stereocenters. The predicted octanol–water partition coefficient (Wildman–Crippen LogP) is 2.70. The molecule has 0 saturated carbocycles. The van der Waals surface area contributed by atoms with Crippen LogP contribution in [0.5, 0.6) is 5.75 Å². The molecule has 31 heavy (non-hydrogen) atoms. The zero-order chi connectivity index (χ0) is 22.8. The molecule has 3 rings (SSSR count). The summed E-state index contributed by atoms with van der Waals surface area (Å²) in [7, 11) is -7.89. The molecular formula is C19H21ClN2O7S2. The van der Waals surface area contributed by atoms with E-state index in [1.807, 2.05) is 0 Å². The van der Waals surface area contributed by atoms with Gasteiger partial charge in [0.05, 0.1) is 15.6 Å². The number of aryl methyl sites for hydroxylation is 1. The van der Waals surface area contributed by atoms with Crippen LogP contribution in [0.25, 0.3) is 0 Å². The summed E-state index contributed by atoms with van der Waals surface area (Å²) >= 11 is 6.10. The highest BCUT2D eigenvalue weighted by Gasteiger charge is 2.29. The maximum Gasteiger partial charge on any atom is 0.341 e. The molecule has 0 unspecified atom stereocenters. The lowest BCUT2D eigenvalue weighted by molar-refractivity contribution is -0.139. The normalized spacial score (nSPS) is 15.0. The van der Waals surface area contributed by atoms with Gasteiger partial charge in [-0.15, -0.1) is 0 Å². The molecule has 0 radical (unpaired) electrons. The first-order valence-corrected chi connectivity index (χ1v) is 12.6. The highest BCUT2D eigenvalue weighted by Crippen LogP contribution is 2.31. The number of hydrogen-bond donors (Lipinski definition) is 2. The van der Waals surface area contributed by atoms with Gasteiger partial charge in [-0.3, -0.25) is 4.72 Å². The van der Waals surface area contributed by atoms with Gasteiger partial charge in [-0.2, -0.15) is 4.31 Å². The van der Waals surface area contributed by atoms with Crippen LogP contribution in [-0.2, 0) is 24.8 Å². The van der Waals surface area contributed by atoms with E-state index in [9.17, 15) is 21.6 Å². The third-order valence-corrected chi connectivity index (χ3v) is 8.43. The molecule has 0 aromatic heterocycles. The Balaban J connectivity index is 1.86. The number of aliphatic carboxylic acids is 1. The van der Waals surface area contributed by atoms with Crippen LogP contribution in [0.3, 0.4) is 0 Å². The highest BCUT2D eigenvalue weighted by atomic mass is 35.5. The molecule has 0 amide bonds. The predicted molar refractivity (Wildman–Crippen MR) is 115 cm³/mol. The number of carboxylic acid groups (broad SMARTS) is 1. The van der Waals surface area contributed by atoms with Gasteiger partial charge in [-0.1, -0.05) is 11.6 Å². The minimum atomic E-state index is -4.05. The first-order valence-electron chi connectivity index (χ1n) is 9.28. The second-order valence-corrected chi connectivity index (χ2v) is 11.0. The number of nitrogens with one attached hydrogen (secondary N) is 1. The van der Waals surface area contributed by atoms with Gasteiger partial charge in [0.25, 0.3) is 10.0 Å². The minimum absolute atomic E-state index is 0.00521. The lowest BCUT2D eigenvalue weighted by Gasteiger charge is -2.17. The third kappa shape index (κ3) is 5.29. The summed E-state index contributed by atoms with van der Waals surface area (Å²) in [6, 6.07) is 7.86. The van der Waals surface area contributed by atoms with Gasteiger partial charge < -0.3 is 9.84 Å². The fourth-order valence-electron chi connectivity index (χ4n) is 3.14. The average molecular weight is 489 g/mol. The number of nitrogens with zero attached hydrogens (tertiary/aromatic N) is 1. The van der Waals surface area contributed by atoms with Crippen molar-refractivity contribution in [3.05, 3.63) is 47.0 Å². The summed E-state index contributed by atoms with van der Waals surface area (Å²) in [5.41, 5.74) is 0.476. The van der Waals surface area contributed by atoms with Crippen LogP contribution in [0.4, 0.5) is 5.69 Å². The Morgan fingerprint density at radius 2 is 1.81 bits per heavy atom. The van der Waals surface area contributed by atoms with Crippen molar-refractivity contribution in [3.8, 4) is 5.75 Å². The van der Waals surface area contributed by atoms with Crippen LogP contribution in [0.15, 0.2) is 46.2 Å². The van der Waals surface area contributed by atoms with E-state index in [1.54, 1.807) is 6.92 Å². The Kier molecular flexibility index (Phi) is 6.79. The summed E-state index contributed by atoms with van der Waals surface area (Å²) in [4.78, 5) is 10.4. The van der Waals surface area contributed by atoms with E-state index in [1.165, 1.54) is 40.7 Å². The summed E-state index contributed by atoms with van der Waals surface area (Å²) in [6.07, 6.45) is 1.52. The van der Waals surface area contributed by atoms with Crippen molar-refractivity contribution in [2.24, 2.45) is 0 Å². The first kappa shape index (κ1) is 23.3. The zero-order valence-electron chi connectivity index (χ0n) is 16.5. The van der Waals surface area contributed by atoms with Crippen LogP contribution >= 0.6 is 11.6 Å². The van der Waals surface area contributed by atoms with E-state index in [2.05, 4.69) is 4.72 Å². The van der Waals surface area contributed by atoms with E-state index in [0.29, 0.717) is 18.7 Å². The monoisotopic (exact) mass is 488 g/mol. The molecule has 1 heterocycles. The Morgan fingerprint density at radius 3 is 2.42 bits per heavy atom. The average Bonchev–Trinajstić information content (AvgIpc) is 3.24. The molecule has 12 heteroatoms. The standard InChI is InChI=1S/C19H21ClN2O7S2/c1-13-10-15(5-7-17(13)29-12-19(23)24)30(25,26)21-14-4-6-16(20)18(11-14)31(27,28)22-8-2-3-9-22/h4-7,10-11,21H,2-3,8-9,12H2,1H3,(H,23,24). The van der Waals surface area contributed by atoms with Crippen LogP contribution in [0.2, 0.25) is 5.02 Å². The van der Waals surface area contributed by atoms with Crippen LogP contribution in [-0.4, -0.2) is 51.9 Å². The number of rotatable bonds is 8. The molecule has 0 spiro atoms. The zero-order valence-corrected chi connectivity index (χ0v) is 18.9. The molecule has 1 aliphatic rings. The molecule has 1 saturated heterocycles. The molecule has 2 N–H and O–H groups in total. The smallest absolute Gasteiger partial charge is 0.341 e. The van der Waals surface area contributed by atoms with E-state index >= 15 is 0 Å². The Bertz CT molecular complexity index is 1210. The third-order valence-electron chi connectivity index (χ3n) is 4.67. The van der Waals surface area contributed by atoms with Crippen molar-refractivity contribution in [1.29, 1.82) is 0 Å². The number of hydrogen-bond acceptors (Lipinski definition) is 6. The van der Waals surface area contributed by atoms with Crippen molar-refractivity contribution >= 4 is 43.3 Å². The second-order valence-electron chi connectivity index (χ2n) is 6.97. The number of carbonyl (C=O) groups is 1. The number of benzene rings is 2. The first-order chi connectivity index (χ1) is 14.5. The van der Waals surface area contributed by atoms with Crippen molar-refractivity contribution in [1.82, 2.24) is 4.31 Å². The van der Waals surface area contributed by atoms with E-state index in [0.717, 1.165) is 12.8 Å². The van der Waals surface area contributed by atoms with Gasteiger partial charge in [-0.05, 0) is 61.7 Å². The van der Waals surface area contributed by atoms with Crippen LogP contribution in [0, 0.1) is 6.92 Å². The maximum absolute atomic E-state index is 12.8. The van der Waals surface area contributed by atoms with Gasteiger partial charge in [-0.25, -0.2) is 21.6 Å². The molecule has 0 aliphatic carbocycles. The topological polar surface area (TPSA) is 130 Å². The molecule has 1 aliphatic heterocycles. The Labute approximate surface area is 185 Å². The molecule has 1 fully saturated rings. The molecule has 2 aromatic carbocycles. The largest absolute Gasteiger partial charge is 0.482 e. The van der Waals surface area contributed by atoms with Crippen molar-refractivity contribution in [2.75, 3.05) is 24.4 Å². The van der Waals surface area contributed by atoms with Gasteiger partial charge in [0, 0.05) is 13.1 Å². The van der Waals surface area contributed by atoms with E-state index < -0.39 is 32.6 Å². The van der Waals surface area contributed by atoms with Gasteiger partial charge >= 0.3 is 5.97 Å². The number of halogens is 1. The molecule has 9 nitrogen and oxygen atoms in total. The van der Waals surface area contributed by atoms with Crippen molar-refractivity contribution in [3.63, 3.8) is 0 Å². The maximum atomic E-state index is 12.8. The molecule has 168 valence electrons. The summed E-state index contributed by atoms with van der Waals surface area (Å²) in [5, 5.41) is 8.70. The Hall–Kier alpha value is -2.34. The minimum Gasteiger partial charge on any atom is -0.482 e. The highest BCUT2D eigenvalue weighted by molar-refractivity contribution is 7.92. The number of carboxylic acids is 1. The molecular weight excluding hydrogens is 468 g/mol. The SMILES string of the molecule is Cc1cc(S(=O)(=O)Nc2ccc(Cl)c(S(=O)(=O)N3CCCC3)c2)ccc1OCC(=O)O. The fraction of sp³-hybridized carbons (Fsp3) is 0.316. The molecule has 0 bridgehead atoms. The quantitative estimate of drug-likeness (QED) is 0.584. The van der Waals surface area contributed by atoms with Gasteiger partial charge in [0.15, 0.2) is 6.61 Å². The second kappa shape index (κ2) is 9.03. The summed E-state index contributed by atoms with van der Waals surface area (Å²) in [6.45, 7) is 1.82. The Morgan fingerprint density at radius 1 is 1.13 bits per heavy atom.